The molecular weight excluding hydrogens is 368 g/mol. The summed E-state index contributed by atoms with van der Waals surface area (Å²) in [5, 5.41) is 14.4. The van der Waals surface area contributed by atoms with Gasteiger partial charge in [-0.05, 0) is 26.7 Å². The highest BCUT2D eigenvalue weighted by Crippen LogP contribution is 2.32. The minimum Gasteiger partial charge on any atom is -0.463 e. The molecule has 1 saturated carbocycles. The Labute approximate surface area is 162 Å². The largest absolute Gasteiger partial charge is 0.463 e. The average molecular weight is 395 g/mol. The van der Waals surface area contributed by atoms with Crippen molar-refractivity contribution in [2.24, 2.45) is 0 Å². The molecule has 0 spiro atoms. The van der Waals surface area contributed by atoms with Crippen LogP contribution in [0.1, 0.15) is 57.7 Å². The molecule has 148 valence electrons. The van der Waals surface area contributed by atoms with Crippen molar-refractivity contribution in [3.8, 4) is 0 Å². The summed E-state index contributed by atoms with van der Waals surface area (Å²) in [6.45, 7) is 3.77. The molecule has 1 aliphatic carbocycles. The van der Waals surface area contributed by atoms with Gasteiger partial charge in [-0.3, -0.25) is 0 Å². The van der Waals surface area contributed by atoms with E-state index in [4.69, 9.17) is 10.6 Å². The molecule has 2 heterocycles. The van der Waals surface area contributed by atoms with Gasteiger partial charge in [0.15, 0.2) is 5.82 Å². The van der Waals surface area contributed by atoms with Crippen LogP contribution in [0.5, 0.6) is 0 Å². The van der Waals surface area contributed by atoms with E-state index >= 15 is 0 Å². The van der Waals surface area contributed by atoms with E-state index in [2.05, 4.69) is 20.8 Å². The number of nitrogen functional groups attached to an aromatic ring is 1. The van der Waals surface area contributed by atoms with Crippen molar-refractivity contribution in [2.75, 3.05) is 18.2 Å². The van der Waals surface area contributed by atoms with Gasteiger partial charge < -0.3 is 21.2 Å². The highest BCUT2D eigenvalue weighted by Gasteiger charge is 2.30. The molecule has 0 radical (unpaired) electrons. The number of hydrogen-bond donors (Lipinski definition) is 3. The number of nitrogens with one attached hydrogen (secondary N) is 2. The van der Waals surface area contributed by atoms with Crippen LogP contribution in [-0.4, -0.2) is 45.3 Å². The molecule has 10 heteroatoms. The number of thioether (sulfide) groups is 1. The van der Waals surface area contributed by atoms with Crippen molar-refractivity contribution in [1.82, 2.24) is 25.5 Å². The normalized spacial score (nSPS) is 21.0. The summed E-state index contributed by atoms with van der Waals surface area (Å²) in [5.74, 6) is 7.26. The van der Waals surface area contributed by atoms with Crippen LogP contribution in [0.4, 0.5) is 4.79 Å². The molecule has 27 heavy (non-hydrogen) atoms. The molecule has 1 aliphatic heterocycles. The second-order valence-electron chi connectivity index (χ2n) is 6.77. The number of ether oxygens (including phenoxy) is 1. The summed E-state index contributed by atoms with van der Waals surface area (Å²) in [6, 6.07) is -0.773. The number of amides is 2. The number of hydrogen-bond acceptors (Lipinski definition) is 7. The quantitative estimate of drug-likeness (QED) is 0.381. The predicted molar refractivity (Wildman–Crippen MR) is 102 cm³/mol. The third-order valence-electron chi connectivity index (χ3n) is 4.87. The van der Waals surface area contributed by atoms with Gasteiger partial charge >= 0.3 is 12.0 Å². The lowest BCUT2D eigenvalue weighted by Crippen LogP contribution is -2.49. The summed E-state index contributed by atoms with van der Waals surface area (Å²) < 4.78 is 6.66. The molecule has 0 unspecified atom stereocenters. The van der Waals surface area contributed by atoms with Crippen molar-refractivity contribution < 1.29 is 14.3 Å². The van der Waals surface area contributed by atoms with E-state index in [9.17, 15) is 9.59 Å². The molecule has 2 aliphatic rings. The third-order valence-corrected chi connectivity index (χ3v) is 5.84. The Balaban J connectivity index is 1.75. The molecule has 9 nitrogen and oxygen atoms in total. The Bertz CT molecular complexity index is 741. The number of nitrogens with zero attached hydrogens (tertiary/aromatic N) is 3. The molecule has 2 amide bonds. The van der Waals surface area contributed by atoms with Crippen molar-refractivity contribution in [3.05, 3.63) is 17.1 Å². The fraction of sp³-hybridized carbons (Fsp3) is 0.647. The molecule has 0 aromatic carbocycles. The van der Waals surface area contributed by atoms with E-state index < -0.39 is 12.0 Å². The topological polar surface area (TPSA) is 124 Å². The van der Waals surface area contributed by atoms with Crippen LogP contribution in [0.15, 0.2) is 16.4 Å². The van der Waals surface area contributed by atoms with Crippen LogP contribution in [0.2, 0.25) is 0 Å². The molecule has 1 fully saturated rings. The summed E-state index contributed by atoms with van der Waals surface area (Å²) in [4.78, 5) is 24.1. The molecule has 1 aromatic rings. The highest BCUT2D eigenvalue weighted by molar-refractivity contribution is 7.99. The van der Waals surface area contributed by atoms with E-state index in [1.165, 1.54) is 35.7 Å². The van der Waals surface area contributed by atoms with Crippen LogP contribution < -0.4 is 16.5 Å². The smallest absolute Gasteiger partial charge is 0.337 e. The standard InChI is InChI=1S/C17H26N6O3S/c1-3-26-15(24)13-10(2)19-16(25)20-12(13)9-27-17-22-21-14(23(17)18)11-7-5-4-6-8-11/h10-11H,3-9,18H2,1-2H3,(H2,19,20,25)/t10-/m0/s1. The number of carbonyl (C=O) groups is 2. The van der Waals surface area contributed by atoms with Gasteiger partial charge in [-0.25, -0.2) is 14.3 Å². The molecule has 1 aromatic heterocycles. The SMILES string of the molecule is CCOC(=O)C1=C(CSc2nnc(C3CCCCC3)n2N)NC(=O)N[C@H]1C. The zero-order chi connectivity index (χ0) is 19.4. The van der Waals surface area contributed by atoms with E-state index in [0.29, 0.717) is 28.1 Å². The van der Waals surface area contributed by atoms with E-state index in [1.807, 2.05) is 0 Å². The van der Waals surface area contributed by atoms with Crippen molar-refractivity contribution >= 4 is 23.8 Å². The number of aromatic nitrogens is 3. The van der Waals surface area contributed by atoms with Crippen LogP contribution in [-0.2, 0) is 9.53 Å². The first kappa shape index (κ1) is 19.5. The van der Waals surface area contributed by atoms with Gasteiger partial charge in [0.25, 0.3) is 0 Å². The maximum Gasteiger partial charge on any atom is 0.337 e. The minimum absolute atomic E-state index is 0.269. The second kappa shape index (κ2) is 8.64. The first-order valence-corrected chi connectivity index (χ1v) is 10.3. The van der Waals surface area contributed by atoms with Crippen molar-refractivity contribution in [1.29, 1.82) is 0 Å². The lowest BCUT2D eigenvalue weighted by molar-refractivity contribution is -0.138. The first-order chi connectivity index (χ1) is 13.0. The molecule has 1 atom stereocenters. The first-order valence-electron chi connectivity index (χ1n) is 9.32. The van der Waals surface area contributed by atoms with Gasteiger partial charge in [0.05, 0.1) is 18.2 Å². The molecule has 0 bridgehead atoms. The van der Waals surface area contributed by atoms with Gasteiger partial charge in [-0.2, -0.15) is 0 Å². The van der Waals surface area contributed by atoms with E-state index in [1.54, 1.807) is 13.8 Å². The summed E-state index contributed by atoms with van der Waals surface area (Å²) in [7, 11) is 0. The monoisotopic (exact) mass is 394 g/mol. The number of carbonyl (C=O) groups excluding carboxylic acids is 2. The van der Waals surface area contributed by atoms with Crippen molar-refractivity contribution in [2.45, 2.75) is 63.1 Å². The lowest BCUT2D eigenvalue weighted by Gasteiger charge is -2.26. The number of nitrogens with two attached hydrogens (primary N) is 1. The summed E-state index contributed by atoms with van der Waals surface area (Å²) >= 11 is 1.34. The van der Waals surface area contributed by atoms with Gasteiger partial charge in [-0.1, -0.05) is 31.0 Å². The third kappa shape index (κ3) is 4.37. The minimum atomic E-state index is -0.440. The highest BCUT2D eigenvalue weighted by atomic mass is 32.2. The van der Waals surface area contributed by atoms with Gasteiger partial charge in [-0.15, -0.1) is 10.2 Å². The Morgan fingerprint density at radius 3 is 2.78 bits per heavy atom. The molecular formula is C17H26N6O3S. The maximum absolute atomic E-state index is 12.3. The Kier molecular flexibility index (Phi) is 6.25. The van der Waals surface area contributed by atoms with Crippen LogP contribution >= 0.6 is 11.8 Å². The maximum atomic E-state index is 12.3. The van der Waals surface area contributed by atoms with Crippen LogP contribution in [0.25, 0.3) is 0 Å². The Morgan fingerprint density at radius 1 is 1.33 bits per heavy atom. The van der Waals surface area contributed by atoms with Crippen LogP contribution in [0, 0.1) is 0 Å². The van der Waals surface area contributed by atoms with Crippen molar-refractivity contribution in [3.63, 3.8) is 0 Å². The van der Waals surface area contributed by atoms with Gasteiger partial charge in [0, 0.05) is 17.4 Å². The zero-order valence-electron chi connectivity index (χ0n) is 15.7. The zero-order valence-corrected chi connectivity index (χ0v) is 16.5. The lowest BCUT2D eigenvalue weighted by atomic mass is 9.89. The molecule has 3 rings (SSSR count). The average Bonchev–Trinajstić information content (AvgIpc) is 3.01. The number of esters is 1. The van der Waals surface area contributed by atoms with E-state index in [-0.39, 0.29) is 12.6 Å². The van der Waals surface area contributed by atoms with Crippen LogP contribution in [0.3, 0.4) is 0 Å². The van der Waals surface area contributed by atoms with E-state index in [0.717, 1.165) is 18.7 Å². The van der Waals surface area contributed by atoms with Gasteiger partial charge in [0.1, 0.15) is 0 Å². The fourth-order valence-electron chi connectivity index (χ4n) is 3.56. The molecule has 4 N–H and O–H groups in total. The predicted octanol–water partition coefficient (Wildman–Crippen LogP) is 1.65. The number of rotatable bonds is 6. The summed E-state index contributed by atoms with van der Waals surface area (Å²) in [5.41, 5.74) is 0.927. The summed E-state index contributed by atoms with van der Waals surface area (Å²) in [6.07, 6.45) is 5.79. The fourth-order valence-corrected chi connectivity index (χ4v) is 4.39. The Hall–Kier alpha value is -2.23. The Morgan fingerprint density at radius 2 is 2.07 bits per heavy atom. The van der Waals surface area contributed by atoms with Gasteiger partial charge in [0.2, 0.25) is 5.16 Å². The number of urea groups is 1. The second-order valence-corrected chi connectivity index (χ2v) is 7.71. The molecule has 0 saturated heterocycles.